The molecule has 2 heterocycles. The van der Waals surface area contributed by atoms with Gasteiger partial charge in [0.05, 0.1) is 22.7 Å². The number of carboxylic acid groups (broad SMARTS) is 1. The van der Waals surface area contributed by atoms with Crippen LogP contribution in [0.15, 0.2) is 0 Å². The average Bonchev–Trinajstić information content (AvgIpc) is 2.46. The maximum Gasteiger partial charge on any atom is 1.00 e. The molecule has 0 aromatic carbocycles. The van der Waals surface area contributed by atoms with Crippen molar-refractivity contribution in [1.29, 1.82) is 0 Å². The SMILES string of the molecule is CC1(C)S[C@@H]2[C@H](C(=O)CBr)C(=O)N2[C@H]1C(=O)[O-].[Na+]. The Labute approximate surface area is 139 Å². The average molecular weight is 344 g/mol. The molecule has 5 nitrogen and oxygen atoms in total. The molecule has 0 aliphatic carbocycles. The summed E-state index contributed by atoms with van der Waals surface area (Å²) >= 11 is 4.38. The molecule has 2 rings (SSSR count). The molecule has 0 radical (unpaired) electrons. The van der Waals surface area contributed by atoms with E-state index < -0.39 is 28.6 Å². The molecule has 0 aromatic heterocycles. The molecule has 1 amide bonds. The number of nitrogens with zero attached hydrogens (tertiary/aromatic N) is 1. The molecular formula is C10H11BrNNaO4S. The smallest absolute Gasteiger partial charge is 0.548 e. The van der Waals surface area contributed by atoms with E-state index in [0.29, 0.717) is 0 Å². The van der Waals surface area contributed by atoms with E-state index in [1.165, 1.54) is 16.7 Å². The van der Waals surface area contributed by atoms with E-state index in [9.17, 15) is 19.5 Å². The molecule has 18 heavy (non-hydrogen) atoms. The summed E-state index contributed by atoms with van der Waals surface area (Å²) in [6.07, 6.45) is 0. The van der Waals surface area contributed by atoms with Gasteiger partial charge in [0.2, 0.25) is 5.91 Å². The van der Waals surface area contributed by atoms with Crippen molar-refractivity contribution < 1.29 is 49.0 Å². The normalized spacial score (nSPS) is 32.3. The maximum absolute atomic E-state index is 11.8. The molecule has 2 aliphatic heterocycles. The summed E-state index contributed by atoms with van der Waals surface area (Å²) in [7, 11) is 0. The van der Waals surface area contributed by atoms with Gasteiger partial charge in [-0.3, -0.25) is 9.59 Å². The summed E-state index contributed by atoms with van der Waals surface area (Å²) < 4.78 is -0.625. The van der Waals surface area contributed by atoms with E-state index in [0.717, 1.165) is 0 Å². The van der Waals surface area contributed by atoms with Crippen molar-refractivity contribution in [3.8, 4) is 0 Å². The summed E-state index contributed by atoms with van der Waals surface area (Å²) in [6, 6.07) is -0.954. The van der Waals surface area contributed by atoms with E-state index >= 15 is 0 Å². The van der Waals surface area contributed by atoms with Gasteiger partial charge in [-0.15, -0.1) is 11.8 Å². The summed E-state index contributed by atoms with van der Waals surface area (Å²) in [5.74, 6) is -2.56. The Kier molecular flexibility index (Phi) is 4.98. The van der Waals surface area contributed by atoms with Gasteiger partial charge in [-0.1, -0.05) is 15.9 Å². The Morgan fingerprint density at radius 3 is 2.50 bits per heavy atom. The number of alkyl halides is 1. The molecule has 2 fully saturated rings. The third kappa shape index (κ3) is 2.28. The summed E-state index contributed by atoms with van der Waals surface area (Å²) in [5, 5.41) is 10.8. The predicted molar refractivity (Wildman–Crippen MR) is 63.4 cm³/mol. The van der Waals surface area contributed by atoms with Crippen LogP contribution >= 0.6 is 27.7 Å². The Morgan fingerprint density at radius 1 is 1.50 bits per heavy atom. The van der Waals surface area contributed by atoms with Crippen molar-refractivity contribution in [2.24, 2.45) is 5.92 Å². The van der Waals surface area contributed by atoms with Crippen molar-refractivity contribution in [1.82, 2.24) is 4.90 Å². The van der Waals surface area contributed by atoms with Crippen molar-refractivity contribution in [2.45, 2.75) is 30.0 Å². The van der Waals surface area contributed by atoms with Gasteiger partial charge < -0.3 is 14.8 Å². The summed E-state index contributed by atoms with van der Waals surface area (Å²) in [6.45, 7) is 3.50. The Bertz CT molecular complexity index is 417. The van der Waals surface area contributed by atoms with Crippen LogP contribution in [0.25, 0.3) is 0 Å². The predicted octanol–water partition coefficient (Wildman–Crippen LogP) is -3.62. The number of ketones is 1. The van der Waals surface area contributed by atoms with Crippen LogP contribution in [0.4, 0.5) is 0 Å². The van der Waals surface area contributed by atoms with Crippen molar-refractivity contribution in [3.05, 3.63) is 0 Å². The topological polar surface area (TPSA) is 77.5 Å². The first-order valence-electron chi connectivity index (χ1n) is 5.11. The van der Waals surface area contributed by atoms with Gasteiger partial charge in [0, 0.05) is 4.75 Å². The Morgan fingerprint density at radius 2 is 2.06 bits per heavy atom. The monoisotopic (exact) mass is 343 g/mol. The molecule has 0 unspecified atom stereocenters. The Hall–Kier alpha value is 0.440. The molecule has 2 saturated heterocycles. The van der Waals surface area contributed by atoms with Gasteiger partial charge in [-0.05, 0) is 13.8 Å². The van der Waals surface area contributed by atoms with Gasteiger partial charge in [-0.25, -0.2) is 0 Å². The van der Waals surface area contributed by atoms with E-state index in [2.05, 4.69) is 15.9 Å². The van der Waals surface area contributed by atoms with Crippen molar-refractivity contribution >= 4 is 45.4 Å². The van der Waals surface area contributed by atoms with Crippen LogP contribution in [0.5, 0.6) is 0 Å². The van der Waals surface area contributed by atoms with Gasteiger partial charge in [-0.2, -0.15) is 0 Å². The number of thioether (sulfide) groups is 1. The molecule has 3 atom stereocenters. The van der Waals surface area contributed by atoms with Gasteiger partial charge in [0.15, 0.2) is 5.78 Å². The molecule has 0 spiro atoms. The molecule has 2 aliphatic rings. The zero-order chi connectivity index (χ0) is 13.0. The number of hydrogen-bond donors (Lipinski definition) is 0. The molecule has 0 aromatic rings. The van der Waals surface area contributed by atoms with E-state index in [1.54, 1.807) is 13.8 Å². The van der Waals surface area contributed by atoms with Crippen LogP contribution in [-0.2, 0) is 14.4 Å². The van der Waals surface area contributed by atoms with Crippen molar-refractivity contribution in [3.63, 3.8) is 0 Å². The third-order valence-corrected chi connectivity index (χ3v) is 5.27. The summed E-state index contributed by atoms with van der Waals surface area (Å²) in [4.78, 5) is 35.7. The largest absolute Gasteiger partial charge is 1.00 e. The molecular weight excluding hydrogens is 333 g/mol. The molecule has 0 bridgehead atoms. The number of rotatable bonds is 3. The van der Waals surface area contributed by atoms with Crippen LogP contribution in [0.3, 0.4) is 0 Å². The van der Waals surface area contributed by atoms with Crippen LogP contribution in [0, 0.1) is 5.92 Å². The number of halogens is 1. The van der Waals surface area contributed by atoms with Crippen LogP contribution in [0.1, 0.15) is 13.8 Å². The van der Waals surface area contributed by atoms with Crippen molar-refractivity contribution in [2.75, 3.05) is 5.33 Å². The number of β-lactam (4-membered cyclic amide) rings is 1. The van der Waals surface area contributed by atoms with E-state index in [-0.39, 0.29) is 46.0 Å². The first-order chi connectivity index (χ1) is 7.81. The van der Waals surface area contributed by atoms with Crippen LogP contribution in [-0.4, -0.2) is 44.1 Å². The fourth-order valence-electron chi connectivity index (χ4n) is 2.37. The third-order valence-electron chi connectivity index (χ3n) is 3.14. The number of carboxylic acids is 1. The first-order valence-corrected chi connectivity index (χ1v) is 7.11. The number of Topliss-reactive ketones (excluding diaryl/α,β-unsaturated/α-hetero) is 1. The van der Waals surface area contributed by atoms with Crippen LogP contribution in [0.2, 0.25) is 0 Å². The zero-order valence-electron chi connectivity index (χ0n) is 10.3. The molecule has 8 heteroatoms. The standard InChI is InChI=1S/C10H12BrNO4S.Na/c1-10(2)6(9(15)16)12-7(14)5(4(13)3-11)8(12)17-10;/h5-6,8H,3H2,1-2H3,(H,15,16);/q;+1/p-1/t5-,6+,8-;/m1./s1. The fourth-order valence-corrected chi connectivity index (χ4v) is 4.43. The Balaban J connectivity index is 0.00000162. The number of carbonyl (C=O) groups excluding carboxylic acids is 3. The molecule has 0 saturated carbocycles. The zero-order valence-corrected chi connectivity index (χ0v) is 14.7. The number of carbonyl (C=O) groups is 3. The number of fused-ring (bicyclic) bond motifs is 1. The fraction of sp³-hybridized carbons (Fsp3) is 0.700. The second kappa shape index (κ2) is 5.44. The molecule has 0 N–H and O–H groups in total. The quantitative estimate of drug-likeness (QED) is 0.229. The van der Waals surface area contributed by atoms with Gasteiger partial charge >= 0.3 is 29.6 Å². The van der Waals surface area contributed by atoms with E-state index in [1.807, 2.05) is 0 Å². The minimum absolute atomic E-state index is 0. The second-order valence-corrected chi connectivity index (χ2v) is 6.99. The molecule has 94 valence electrons. The number of hydrogen-bond acceptors (Lipinski definition) is 5. The minimum Gasteiger partial charge on any atom is -0.548 e. The first kappa shape index (κ1) is 16.5. The van der Waals surface area contributed by atoms with Gasteiger partial charge in [0.25, 0.3) is 0 Å². The van der Waals surface area contributed by atoms with Gasteiger partial charge in [0.1, 0.15) is 5.92 Å². The second-order valence-electron chi connectivity index (χ2n) is 4.66. The summed E-state index contributed by atoms with van der Waals surface area (Å²) in [5.41, 5.74) is 0. The minimum atomic E-state index is -1.26. The van der Waals surface area contributed by atoms with E-state index in [4.69, 9.17) is 0 Å². The van der Waals surface area contributed by atoms with Crippen LogP contribution < -0.4 is 34.7 Å². The number of amides is 1. The maximum atomic E-state index is 11.8. The number of aliphatic carboxylic acids is 1.